The largest absolute Gasteiger partial charge is 1.00 e. The van der Waals surface area contributed by atoms with Gasteiger partial charge in [-0.1, -0.05) is 47.0 Å². The molecule has 1 heterocycles. The molecule has 153 valence electrons. The minimum Gasteiger partial charge on any atom is -1.00 e. The van der Waals surface area contributed by atoms with E-state index in [-0.39, 0.29) is 55.8 Å². The molecule has 2 aromatic carbocycles. The fourth-order valence-electron chi connectivity index (χ4n) is 2.21. The number of aryl methyl sites for hydroxylation is 2. The summed E-state index contributed by atoms with van der Waals surface area (Å²) in [5, 5.41) is 0.603. The summed E-state index contributed by atoms with van der Waals surface area (Å²) < 4.78 is 0. The quantitative estimate of drug-likeness (QED) is 0.346. The minimum absolute atomic E-state index is 0. The maximum absolute atomic E-state index is 6.19. The van der Waals surface area contributed by atoms with Gasteiger partial charge in [0.15, 0.2) is 0 Å². The van der Waals surface area contributed by atoms with E-state index in [0.717, 1.165) is 11.4 Å². The number of aliphatic imine (C=N–C) groups is 2. The van der Waals surface area contributed by atoms with Crippen molar-refractivity contribution in [3.63, 3.8) is 0 Å². The van der Waals surface area contributed by atoms with Crippen molar-refractivity contribution in [2.24, 2.45) is 9.98 Å². The van der Waals surface area contributed by atoms with Crippen molar-refractivity contribution in [3.8, 4) is 0 Å². The Morgan fingerprint density at radius 1 is 0.690 bits per heavy atom. The molecule has 0 N–H and O–H groups in total. The molecule has 1 radical (unpaired) electrons. The fraction of sp³-hybridized carbons (Fsp3) is 0.0952. The van der Waals surface area contributed by atoms with Gasteiger partial charge in [-0.3, -0.25) is 9.98 Å². The molecule has 29 heavy (non-hydrogen) atoms. The van der Waals surface area contributed by atoms with E-state index in [1.807, 2.05) is 62.4 Å². The van der Waals surface area contributed by atoms with Crippen LogP contribution in [0, 0.1) is 13.8 Å². The molecule has 0 amide bonds. The standard InChI is InChI=1S/C21H18ClN3.3ClH.V/c1-15-3-7-18(8-4-15)23-13-20-11-17(22)12-21(25-20)14-24-19-9-5-16(2)6-10-19;;;;/h3-14H,1-2H3;3*1H;/p-3. The molecule has 0 unspecified atom stereocenters. The van der Waals surface area contributed by atoms with Gasteiger partial charge in [-0.15, -0.1) is 0 Å². The van der Waals surface area contributed by atoms with E-state index in [9.17, 15) is 0 Å². The van der Waals surface area contributed by atoms with Crippen LogP contribution in [0.15, 0.2) is 70.6 Å². The van der Waals surface area contributed by atoms with E-state index in [1.54, 1.807) is 24.6 Å². The van der Waals surface area contributed by atoms with Gasteiger partial charge in [0.05, 0.1) is 35.2 Å². The van der Waals surface area contributed by atoms with Crippen LogP contribution in [0.3, 0.4) is 0 Å². The first-order valence-corrected chi connectivity index (χ1v) is 8.35. The molecule has 8 heteroatoms. The van der Waals surface area contributed by atoms with Gasteiger partial charge < -0.3 is 37.2 Å². The molecule has 3 nitrogen and oxygen atoms in total. The van der Waals surface area contributed by atoms with Crippen molar-refractivity contribution in [1.29, 1.82) is 0 Å². The van der Waals surface area contributed by atoms with Crippen LogP contribution in [0.5, 0.6) is 0 Å². The third-order valence-corrected chi connectivity index (χ3v) is 3.81. The molecule has 0 aliphatic rings. The second kappa shape index (κ2) is 14.6. The number of benzene rings is 2. The Hall–Kier alpha value is -1.33. The normalized spacial score (nSPS) is 9.90. The number of rotatable bonds is 4. The smallest absolute Gasteiger partial charge is 0.0835 e. The van der Waals surface area contributed by atoms with E-state index < -0.39 is 0 Å². The number of hydrogen-bond acceptors (Lipinski definition) is 3. The van der Waals surface area contributed by atoms with Crippen molar-refractivity contribution in [2.75, 3.05) is 0 Å². The summed E-state index contributed by atoms with van der Waals surface area (Å²) in [7, 11) is 0. The van der Waals surface area contributed by atoms with E-state index in [4.69, 9.17) is 11.6 Å². The van der Waals surface area contributed by atoms with Crippen molar-refractivity contribution < 1.29 is 55.8 Å². The Bertz CT molecular complexity index is 854. The molecule has 0 aliphatic carbocycles. The zero-order chi connectivity index (χ0) is 17.6. The van der Waals surface area contributed by atoms with Crippen LogP contribution in [0.25, 0.3) is 0 Å². The summed E-state index contributed by atoms with van der Waals surface area (Å²) in [4.78, 5) is 13.4. The summed E-state index contributed by atoms with van der Waals surface area (Å²) in [6.07, 6.45) is 3.42. The average Bonchev–Trinajstić information content (AvgIpc) is 2.60. The number of aromatic nitrogens is 1. The van der Waals surface area contributed by atoms with E-state index in [0.29, 0.717) is 16.4 Å². The first-order chi connectivity index (χ1) is 12.1. The molecule has 0 saturated carbocycles. The first kappa shape index (κ1) is 29.9. The Labute approximate surface area is 207 Å². The number of nitrogens with zero attached hydrogens (tertiary/aromatic N) is 3. The first-order valence-electron chi connectivity index (χ1n) is 7.97. The van der Waals surface area contributed by atoms with Gasteiger partial charge in [-0.05, 0) is 50.2 Å². The zero-order valence-corrected chi connectivity index (χ0v) is 20.1. The maximum atomic E-state index is 6.19. The van der Waals surface area contributed by atoms with Crippen molar-refractivity contribution >= 4 is 35.4 Å². The second-order valence-electron chi connectivity index (χ2n) is 5.82. The van der Waals surface area contributed by atoms with E-state index in [2.05, 4.69) is 15.0 Å². The molecule has 0 atom stereocenters. The van der Waals surface area contributed by atoms with Crippen molar-refractivity contribution in [2.45, 2.75) is 13.8 Å². The van der Waals surface area contributed by atoms with Crippen molar-refractivity contribution in [3.05, 3.63) is 88.2 Å². The molecule has 0 spiro atoms. The molecule has 0 bridgehead atoms. The van der Waals surface area contributed by atoms with Crippen LogP contribution in [0.2, 0.25) is 5.02 Å². The number of pyridine rings is 1. The monoisotopic (exact) mass is 503 g/mol. The minimum atomic E-state index is 0. The average molecular weight is 505 g/mol. The summed E-state index contributed by atoms with van der Waals surface area (Å²) in [6, 6.07) is 19.5. The zero-order valence-electron chi connectivity index (χ0n) is 15.7. The Morgan fingerprint density at radius 2 is 1.03 bits per heavy atom. The van der Waals surface area contributed by atoms with Gasteiger partial charge in [0.25, 0.3) is 0 Å². The molecule has 3 rings (SSSR count). The van der Waals surface area contributed by atoms with Crippen molar-refractivity contribution in [1.82, 2.24) is 4.98 Å². The van der Waals surface area contributed by atoms with Gasteiger partial charge in [-0.25, -0.2) is 4.98 Å². The predicted octanol–water partition coefficient (Wildman–Crippen LogP) is -3.14. The number of halogens is 4. The van der Waals surface area contributed by atoms with Gasteiger partial charge in [0, 0.05) is 23.6 Å². The summed E-state index contributed by atoms with van der Waals surface area (Å²) in [5.41, 5.74) is 5.55. The Morgan fingerprint density at radius 3 is 1.38 bits per heavy atom. The second-order valence-corrected chi connectivity index (χ2v) is 6.26. The Balaban J connectivity index is 0. The van der Waals surface area contributed by atoms with Crippen LogP contribution in [0.1, 0.15) is 22.5 Å². The van der Waals surface area contributed by atoms with Gasteiger partial charge in [0.2, 0.25) is 0 Å². The third kappa shape index (κ3) is 9.82. The van der Waals surface area contributed by atoms with Crippen LogP contribution < -0.4 is 37.2 Å². The molecule has 3 aromatic rings. The molecule has 1 aromatic heterocycles. The van der Waals surface area contributed by atoms with E-state index in [1.165, 1.54) is 11.1 Å². The summed E-state index contributed by atoms with van der Waals surface area (Å²) in [5.74, 6) is 0. The van der Waals surface area contributed by atoms with Gasteiger partial charge >= 0.3 is 0 Å². The number of hydrogen-bond donors (Lipinski definition) is 0. The molecule has 0 saturated heterocycles. The van der Waals surface area contributed by atoms with E-state index >= 15 is 0 Å². The predicted molar refractivity (Wildman–Crippen MR) is 106 cm³/mol. The van der Waals surface area contributed by atoms with Gasteiger partial charge in [0.1, 0.15) is 0 Å². The van der Waals surface area contributed by atoms with Crippen LogP contribution in [-0.4, -0.2) is 17.4 Å². The Kier molecular flexibility index (Phi) is 15.1. The molecular weight excluding hydrogens is 487 g/mol. The van der Waals surface area contributed by atoms with Gasteiger partial charge in [-0.2, -0.15) is 0 Å². The summed E-state index contributed by atoms with van der Waals surface area (Å²) in [6.45, 7) is 4.09. The van der Waals surface area contributed by atoms with Crippen LogP contribution >= 0.6 is 11.6 Å². The molecular formula is C21H18Cl4N3V-3. The third-order valence-electron chi connectivity index (χ3n) is 3.59. The fourth-order valence-corrected chi connectivity index (χ4v) is 2.44. The molecule has 0 fully saturated rings. The summed E-state index contributed by atoms with van der Waals surface area (Å²) >= 11 is 6.19. The molecule has 0 aliphatic heterocycles. The topological polar surface area (TPSA) is 37.6 Å². The maximum Gasteiger partial charge on any atom is 0.0835 e. The van der Waals surface area contributed by atoms with Crippen LogP contribution in [0.4, 0.5) is 11.4 Å². The van der Waals surface area contributed by atoms with Crippen LogP contribution in [-0.2, 0) is 18.6 Å². The SMILES string of the molecule is Cc1ccc(N=Cc2cc(Cl)cc(C=Nc3ccc(C)cc3)n2)cc1.[Cl-].[Cl-].[Cl-].[V].